The second-order valence-electron chi connectivity index (χ2n) is 12.4. The molecule has 0 saturated heterocycles. The molecule has 0 bridgehead atoms. The molecule has 3 aromatic carbocycles. The number of allylic oxidation sites excluding steroid dienone is 1. The lowest BCUT2D eigenvalue weighted by Gasteiger charge is -2.58. The van der Waals surface area contributed by atoms with Gasteiger partial charge < -0.3 is 9.13 Å². The molecule has 1 unspecified atom stereocenters. The average molecular weight is 499 g/mol. The van der Waals surface area contributed by atoms with E-state index in [1.54, 1.807) is 10.5 Å². The SMILES string of the molecule is CC1=C(c2ccccc2)P(c2ccccc2)[Si]12N(CC(C)(C)C)c1ccccc1N2CC(C)(C)C. The fourth-order valence-corrected chi connectivity index (χ4v) is 20.0. The van der Waals surface area contributed by atoms with E-state index in [2.05, 4.69) is 143 Å². The van der Waals surface area contributed by atoms with E-state index < -0.39 is 15.5 Å². The minimum Gasteiger partial charge on any atom is -0.372 e. The van der Waals surface area contributed by atoms with Crippen LogP contribution in [0.1, 0.15) is 54.0 Å². The lowest BCUT2D eigenvalue weighted by Crippen LogP contribution is -2.69. The minimum absolute atomic E-state index is 0.200. The van der Waals surface area contributed by atoms with E-state index >= 15 is 0 Å². The van der Waals surface area contributed by atoms with Crippen molar-refractivity contribution >= 4 is 37.5 Å². The Hall–Kier alpha value is -2.35. The highest BCUT2D eigenvalue weighted by Gasteiger charge is 2.67. The molecule has 0 saturated carbocycles. The van der Waals surface area contributed by atoms with Crippen molar-refractivity contribution in [3.8, 4) is 0 Å². The summed E-state index contributed by atoms with van der Waals surface area (Å²) in [5, 5.41) is 4.76. The van der Waals surface area contributed by atoms with Gasteiger partial charge in [-0.1, -0.05) is 114 Å². The minimum atomic E-state index is -2.27. The topological polar surface area (TPSA) is 6.48 Å². The smallest absolute Gasteiger partial charge is 0.329 e. The molecular formula is C31H39N2PSi. The molecule has 2 aliphatic heterocycles. The van der Waals surface area contributed by atoms with Gasteiger partial charge >= 0.3 is 8.06 Å². The van der Waals surface area contributed by atoms with Crippen molar-refractivity contribution < 1.29 is 0 Å². The maximum atomic E-state index is 2.91. The van der Waals surface area contributed by atoms with Crippen molar-refractivity contribution in [2.24, 2.45) is 10.8 Å². The van der Waals surface area contributed by atoms with Crippen LogP contribution in [0.4, 0.5) is 11.4 Å². The molecule has 0 aromatic heterocycles. The van der Waals surface area contributed by atoms with Gasteiger partial charge in [-0.3, -0.25) is 0 Å². The Morgan fingerprint density at radius 2 is 1.06 bits per heavy atom. The Kier molecular flexibility index (Phi) is 6.01. The van der Waals surface area contributed by atoms with Gasteiger partial charge in [-0.15, -0.1) is 0 Å². The Morgan fingerprint density at radius 3 is 1.51 bits per heavy atom. The van der Waals surface area contributed by atoms with E-state index in [9.17, 15) is 0 Å². The molecule has 1 spiro atoms. The lowest BCUT2D eigenvalue weighted by atomic mass is 9.96. The van der Waals surface area contributed by atoms with E-state index in [4.69, 9.17) is 0 Å². The van der Waals surface area contributed by atoms with Crippen LogP contribution in [0.3, 0.4) is 0 Å². The van der Waals surface area contributed by atoms with E-state index in [1.807, 2.05) is 0 Å². The highest BCUT2D eigenvalue weighted by Crippen LogP contribution is 2.74. The van der Waals surface area contributed by atoms with E-state index in [0.717, 1.165) is 13.1 Å². The van der Waals surface area contributed by atoms with Crippen molar-refractivity contribution in [3.05, 3.63) is 95.7 Å². The van der Waals surface area contributed by atoms with Gasteiger partial charge in [0.1, 0.15) is 0 Å². The van der Waals surface area contributed by atoms with Gasteiger partial charge in [-0.05, 0) is 58.7 Å². The van der Waals surface area contributed by atoms with Crippen LogP contribution in [0.5, 0.6) is 0 Å². The molecule has 35 heavy (non-hydrogen) atoms. The quantitative estimate of drug-likeness (QED) is 0.265. The fraction of sp³-hybridized carbons (Fsp3) is 0.355. The van der Waals surface area contributed by atoms with Gasteiger partial charge in [0, 0.05) is 13.1 Å². The number of hydrogen-bond donors (Lipinski definition) is 0. The maximum absolute atomic E-state index is 2.91. The molecular weight excluding hydrogens is 459 g/mol. The highest BCUT2D eigenvalue weighted by molar-refractivity contribution is 8.12. The maximum Gasteiger partial charge on any atom is 0.329 e. The van der Waals surface area contributed by atoms with Crippen molar-refractivity contribution in [1.82, 2.24) is 0 Å². The molecule has 1 atom stereocenters. The summed E-state index contributed by atoms with van der Waals surface area (Å²) in [4.78, 5) is 0. The molecule has 0 fully saturated rings. The summed E-state index contributed by atoms with van der Waals surface area (Å²) >= 11 is 0. The first-order valence-corrected chi connectivity index (χ1v) is 16.9. The summed E-state index contributed by atoms with van der Waals surface area (Å²) in [6, 6.07) is 31.8. The van der Waals surface area contributed by atoms with Crippen LogP contribution in [0.25, 0.3) is 5.31 Å². The fourth-order valence-electron chi connectivity index (χ4n) is 5.81. The standard InChI is InChI=1S/C31H39N2PSi/c1-24-29(25-16-10-8-11-17-25)34(26-18-12-9-13-19-26)35(24)32(22-30(2,3)4)27-20-14-15-21-28(27)33(35)23-31(5,6)7/h8-21H,22-23H2,1-7H3. The second-order valence-corrected chi connectivity index (χ2v) is 20.4. The number of benzene rings is 3. The third kappa shape index (κ3) is 4.07. The Bertz CT molecular complexity index is 1200. The van der Waals surface area contributed by atoms with Gasteiger partial charge in [0.05, 0.1) is 11.4 Å². The number of anilines is 2. The molecule has 0 amide bonds. The number of hydrogen-bond acceptors (Lipinski definition) is 2. The van der Waals surface area contributed by atoms with E-state index in [1.165, 1.54) is 22.2 Å². The van der Waals surface area contributed by atoms with Gasteiger partial charge in [0.2, 0.25) is 0 Å². The second kappa shape index (κ2) is 8.64. The summed E-state index contributed by atoms with van der Waals surface area (Å²) < 4.78 is 5.82. The number of para-hydroxylation sites is 2. The third-order valence-corrected chi connectivity index (χ3v) is 19.0. The molecule has 182 valence electrons. The number of fused-ring (bicyclic) bond motifs is 1. The van der Waals surface area contributed by atoms with E-state index in [0.29, 0.717) is 0 Å². The molecule has 4 heteroatoms. The molecule has 0 radical (unpaired) electrons. The first-order chi connectivity index (χ1) is 16.5. The monoisotopic (exact) mass is 498 g/mol. The highest BCUT2D eigenvalue weighted by atomic mass is 31.4. The Labute approximate surface area is 214 Å². The van der Waals surface area contributed by atoms with Gasteiger partial charge in [0.25, 0.3) is 0 Å². The van der Waals surface area contributed by atoms with Gasteiger partial charge in [-0.25, -0.2) is 0 Å². The van der Waals surface area contributed by atoms with Crippen LogP contribution in [-0.4, -0.2) is 21.2 Å². The molecule has 0 aliphatic carbocycles. The predicted octanol–water partition coefficient (Wildman–Crippen LogP) is 8.14. The van der Waals surface area contributed by atoms with Crippen molar-refractivity contribution in [1.29, 1.82) is 0 Å². The third-order valence-electron chi connectivity index (χ3n) is 6.94. The molecule has 3 aromatic rings. The Morgan fingerprint density at radius 1 is 0.629 bits per heavy atom. The predicted molar refractivity (Wildman–Crippen MR) is 158 cm³/mol. The normalized spacial score (nSPS) is 19.2. The number of nitrogens with zero attached hydrogens (tertiary/aromatic N) is 2. The molecule has 2 nitrogen and oxygen atoms in total. The zero-order valence-corrected chi connectivity index (χ0v) is 24.2. The largest absolute Gasteiger partial charge is 0.372 e. The van der Waals surface area contributed by atoms with Crippen LogP contribution in [0.15, 0.2) is 90.1 Å². The molecule has 5 rings (SSSR count). The van der Waals surface area contributed by atoms with Crippen LogP contribution in [-0.2, 0) is 0 Å². The summed E-state index contributed by atoms with van der Waals surface area (Å²) in [5.41, 5.74) is 4.68. The van der Waals surface area contributed by atoms with Crippen molar-refractivity contribution in [2.75, 3.05) is 22.2 Å². The Balaban J connectivity index is 1.82. The summed E-state index contributed by atoms with van der Waals surface area (Å²) in [6.07, 6.45) is 0. The average Bonchev–Trinajstić information content (AvgIpc) is 3.06. The van der Waals surface area contributed by atoms with Crippen LogP contribution < -0.4 is 14.4 Å². The van der Waals surface area contributed by atoms with Crippen LogP contribution in [0.2, 0.25) is 0 Å². The number of rotatable bonds is 4. The summed E-state index contributed by atoms with van der Waals surface area (Å²) in [5.74, 6) is 0. The van der Waals surface area contributed by atoms with Crippen molar-refractivity contribution in [2.45, 2.75) is 48.5 Å². The van der Waals surface area contributed by atoms with Crippen LogP contribution >= 0.6 is 7.47 Å². The van der Waals surface area contributed by atoms with E-state index in [-0.39, 0.29) is 10.8 Å². The molecule has 2 aliphatic rings. The van der Waals surface area contributed by atoms with Gasteiger partial charge in [0.15, 0.2) is 0 Å². The zero-order chi connectivity index (χ0) is 25.0. The first-order valence-electron chi connectivity index (χ1n) is 12.8. The zero-order valence-electron chi connectivity index (χ0n) is 22.3. The summed E-state index contributed by atoms with van der Waals surface area (Å²) in [6.45, 7) is 19.0. The summed E-state index contributed by atoms with van der Waals surface area (Å²) in [7, 11) is -2.79. The van der Waals surface area contributed by atoms with Gasteiger partial charge in [-0.2, -0.15) is 0 Å². The molecule has 0 N–H and O–H groups in total. The first kappa shape index (κ1) is 24.3. The van der Waals surface area contributed by atoms with Crippen molar-refractivity contribution in [3.63, 3.8) is 0 Å². The lowest BCUT2D eigenvalue weighted by molar-refractivity contribution is 0.424. The molecule has 2 heterocycles. The van der Waals surface area contributed by atoms with Crippen LogP contribution in [0, 0.1) is 10.8 Å².